The maximum atomic E-state index is 9.25. The third-order valence-corrected chi connectivity index (χ3v) is 2.04. The number of benzene rings is 1. The minimum absolute atomic E-state index is 0.244. The van der Waals surface area contributed by atoms with Crippen LogP contribution in [0.15, 0.2) is 24.3 Å². The Hall–Kier alpha value is -0.730. The van der Waals surface area contributed by atoms with E-state index in [-0.39, 0.29) is 5.88 Å². The Morgan fingerprint density at radius 3 is 2.67 bits per heavy atom. The van der Waals surface area contributed by atoms with Crippen LogP contribution in [0.3, 0.4) is 0 Å². The molecule has 1 unspecified atom stereocenters. The first kappa shape index (κ1) is 9.36. The number of hydrogen-bond donors (Lipinski definition) is 2. The second-order valence-electron chi connectivity index (χ2n) is 2.71. The number of nitrogens with two attached hydrogens (primary N) is 1. The van der Waals surface area contributed by atoms with Crippen molar-refractivity contribution in [2.24, 2.45) is 0 Å². The Morgan fingerprint density at radius 1 is 1.42 bits per heavy atom. The summed E-state index contributed by atoms with van der Waals surface area (Å²) >= 11 is 5.46. The SMILES string of the molecule is Nc1ccccc1CC(O)CCl. The molecular weight excluding hydrogens is 174 g/mol. The molecule has 1 atom stereocenters. The van der Waals surface area contributed by atoms with E-state index in [1.54, 1.807) is 0 Å². The van der Waals surface area contributed by atoms with Crippen LogP contribution in [0, 0.1) is 0 Å². The zero-order valence-electron chi connectivity index (χ0n) is 6.70. The molecule has 3 heteroatoms. The van der Waals surface area contributed by atoms with Crippen LogP contribution >= 0.6 is 11.6 Å². The molecule has 12 heavy (non-hydrogen) atoms. The average Bonchev–Trinajstić information content (AvgIpc) is 2.09. The van der Waals surface area contributed by atoms with Crippen molar-refractivity contribution in [2.75, 3.05) is 11.6 Å². The molecule has 0 aliphatic heterocycles. The van der Waals surface area contributed by atoms with E-state index in [0.29, 0.717) is 12.1 Å². The smallest absolute Gasteiger partial charge is 0.0716 e. The van der Waals surface area contributed by atoms with Crippen molar-refractivity contribution < 1.29 is 5.11 Å². The summed E-state index contributed by atoms with van der Waals surface area (Å²) in [5.74, 6) is 0.244. The van der Waals surface area contributed by atoms with Crippen LogP contribution in [0.2, 0.25) is 0 Å². The van der Waals surface area contributed by atoms with Crippen molar-refractivity contribution in [3.05, 3.63) is 29.8 Å². The first-order chi connectivity index (χ1) is 5.74. The number of aliphatic hydroxyl groups is 1. The van der Waals surface area contributed by atoms with Crippen LogP contribution in [0.25, 0.3) is 0 Å². The van der Waals surface area contributed by atoms with E-state index in [1.807, 2.05) is 24.3 Å². The molecule has 0 heterocycles. The highest BCUT2D eigenvalue weighted by molar-refractivity contribution is 6.18. The van der Waals surface area contributed by atoms with Gasteiger partial charge in [0.05, 0.1) is 6.10 Å². The molecule has 0 aliphatic rings. The zero-order valence-corrected chi connectivity index (χ0v) is 7.46. The molecule has 3 N–H and O–H groups in total. The number of anilines is 1. The molecule has 0 radical (unpaired) electrons. The summed E-state index contributed by atoms with van der Waals surface area (Å²) in [6.07, 6.45) is 0.0206. The maximum absolute atomic E-state index is 9.25. The van der Waals surface area contributed by atoms with Crippen molar-refractivity contribution in [1.82, 2.24) is 0 Å². The summed E-state index contributed by atoms with van der Waals surface area (Å²) in [6.45, 7) is 0. The lowest BCUT2D eigenvalue weighted by molar-refractivity contribution is 0.199. The summed E-state index contributed by atoms with van der Waals surface area (Å²) in [5.41, 5.74) is 7.33. The Labute approximate surface area is 77.0 Å². The lowest BCUT2D eigenvalue weighted by Gasteiger charge is -2.08. The zero-order chi connectivity index (χ0) is 8.97. The van der Waals surface area contributed by atoms with E-state index in [0.717, 1.165) is 5.56 Å². The largest absolute Gasteiger partial charge is 0.399 e. The van der Waals surface area contributed by atoms with Crippen molar-refractivity contribution in [3.63, 3.8) is 0 Å². The van der Waals surface area contributed by atoms with E-state index in [1.165, 1.54) is 0 Å². The number of alkyl halides is 1. The number of halogens is 1. The maximum Gasteiger partial charge on any atom is 0.0716 e. The van der Waals surface area contributed by atoms with Gasteiger partial charge in [-0.3, -0.25) is 0 Å². The molecular formula is C9H12ClNO. The monoisotopic (exact) mass is 185 g/mol. The van der Waals surface area contributed by atoms with E-state index in [4.69, 9.17) is 17.3 Å². The van der Waals surface area contributed by atoms with Crippen molar-refractivity contribution in [2.45, 2.75) is 12.5 Å². The summed E-state index contributed by atoms with van der Waals surface area (Å²) in [6, 6.07) is 7.47. The van der Waals surface area contributed by atoms with Gasteiger partial charge in [0.2, 0.25) is 0 Å². The molecule has 0 saturated heterocycles. The Balaban J connectivity index is 2.69. The topological polar surface area (TPSA) is 46.2 Å². The summed E-state index contributed by atoms with van der Waals surface area (Å²) in [7, 11) is 0. The minimum atomic E-state index is -0.503. The van der Waals surface area contributed by atoms with Crippen molar-refractivity contribution in [1.29, 1.82) is 0 Å². The van der Waals surface area contributed by atoms with Gasteiger partial charge in [-0.1, -0.05) is 18.2 Å². The summed E-state index contributed by atoms with van der Waals surface area (Å²) in [5, 5.41) is 9.25. The fourth-order valence-electron chi connectivity index (χ4n) is 1.03. The van der Waals surface area contributed by atoms with Crippen LogP contribution in [-0.2, 0) is 6.42 Å². The molecule has 0 fully saturated rings. The van der Waals surface area contributed by atoms with Crippen LogP contribution in [-0.4, -0.2) is 17.1 Å². The molecule has 0 spiro atoms. The van der Waals surface area contributed by atoms with Gasteiger partial charge in [0, 0.05) is 18.0 Å². The number of nitrogen functional groups attached to an aromatic ring is 1. The molecule has 0 aliphatic carbocycles. The van der Waals surface area contributed by atoms with E-state index < -0.39 is 6.10 Å². The van der Waals surface area contributed by atoms with Gasteiger partial charge in [-0.15, -0.1) is 11.6 Å². The van der Waals surface area contributed by atoms with Gasteiger partial charge in [0.25, 0.3) is 0 Å². The Bertz CT molecular complexity index is 252. The van der Waals surface area contributed by atoms with Crippen LogP contribution < -0.4 is 5.73 Å². The van der Waals surface area contributed by atoms with Gasteiger partial charge in [-0.2, -0.15) is 0 Å². The van der Waals surface area contributed by atoms with Crippen molar-refractivity contribution in [3.8, 4) is 0 Å². The minimum Gasteiger partial charge on any atom is -0.399 e. The number of hydrogen-bond acceptors (Lipinski definition) is 2. The average molecular weight is 186 g/mol. The fraction of sp³-hybridized carbons (Fsp3) is 0.333. The van der Waals surface area contributed by atoms with Gasteiger partial charge in [-0.05, 0) is 11.6 Å². The summed E-state index contributed by atoms with van der Waals surface area (Å²) in [4.78, 5) is 0. The molecule has 1 aromatic rings. The second-order valence-corrected chi connectivity index (χ2v) is 3.02. The third kappa shape index (κ3) is 2.40. The highest BCUT2D eigenvalue weighted by Crippen LogP contribution is 2.12. The number of aliphatic hydroxyl groups excluding tert-OH is 1. The molecule has 66 valence electrons. The van der Waals surface area contributed by atoms with Crippen LogP contribution in [0.1, 0.15) is 5.56 Å². The molecule has 1 rings (SSSR count). The van der Waals surface area contributed by atoms with E-state index in [9.17, 15) is 5.11 Å². The standard InChI is InChI=1S/C9H12ClNO/c10-6-8(12)5-7-3-1-2-4-9(7)11/h1-4,8,12H,5-6,11H2. The quantitative estimate of drug-likeness (QED) is 0.553. The first-order valence-electron chi connectivity index (χ1n) is 3.81. The highest BCUT2D eigenvalue weighted by atomic mass is 35.5. The normalized spacial score (nSPS) is 12.8. The fourth-order valence-corrected chi connectivity index (χ4v) is 1.14. The molecule has 0 amide bonds. The predicted octanol–water partition coefficient (Wildman–Crippen LogP) is 1.41. The Morgan fingerprint density at radius 2 is 2.08 bits per heavy atom. The number of para-hydroxylation sites is 1. The summed E-state index contributed by atoms with van der Waals surface area (Å²) < 4.78 is 0. The van der Waals surface area contributed by atoms with E-state index in [2.05, 4.69) is 0 Å². The molecule has 1 aromatic carbocycles. The Kier molecular flexibility index (Phi) is 3.38. The second kappa shape index (κ2) is 4.33. The van der Waals surface area contributed by atoms with Crippen LogP contribution in [0.4, 0.5) is 5.69 Å². The molecule has 0 aromatic heterocycles. The predicted molar refractivity (Wildman–Crippen MR) is 51.3 cm³/mol. The van der Waals surface area contributed by atoms with Gasteiger partial charge in [0.1, 0.15) is 0 Å². The lowest BCUT2D eigenvalue weighted by atomic mass is 10.1. The van der Waals surface area contributed by atoms with Gasteiger partial charge in [-0.25, -0.2) is 0 Å². The number of rotatable bonds is 3. The highest BCUT2D eigenvalue weighted by Gasteiger charge is 2.05. The van der Waals surface area contributed by atoms with Crippen molar-refractivity contribution >= 4 is 17.3 Å². The molecule has 0 saturated carbocycles. The van der Waals surface area contributed by atoms with Gasteiger partial charge in [0.15, 0.2) is 0 Å². The lowest BCUT2D eigenvalue weighted by Crippen LogP contribution is -2.12. The molecule has 2 nitrogen and oxygen atoms in total. The van der Waals surface area contributed by atoms with Gasteiger partial charge >= 0.3 is 0 Å². The van der Waals surface area contributed by atoms with Gasteiger partial charge < -0.3 is 10.8 Å². The van der Waals surface area contributed by atoms with E-state index >= 15 is 0 Å². The first-order valence-corrected chi connectivity index (χ1v) is 4.35. The third-order valence-electron chi connectivity index (χ3n) is 1.69. The van der Waals surface area contributed by atoms with Crippen LogP contribution in [0.5, 0.6) is 0 Å². The molecule has 0 bridgehead atoms.